The molecule has 4 fully saturated rings. The zero-order valence-electron chi connectivity index (χ0n) is 32.1. The third-order valence-electron chi connectivity index (χ3n) is 14.3. The average Bonchev–Trinajstić information content (AvgIpc) is 3.44. The fraction of sp³-hybridized carbons (Fsp3) is 1.00. The van der Waals surface area contributed by atoms with E-state index in [2.05, 4.69) is 34.6 Å². The summed E-state index contributed by atoms with van der Waals surface area (Å²) in [6.07, 6.45) is 21.3. The fourth-order valence-corrected chi connectivity index (χ4v) is 11.5. The zero-order valence-corrected chi connectivity index (χ0v) is 32.1. The Balaban J connectivity index is 1.57. The van der Waals surface area contributed by atoms with Gasteiger partial charge in [0.15, 0.2) is 0 Å². The molecule has 0 aromatic rings. The quantitative estimate of drug-likeness (QED) is 0.0944. The van der Waals surface area contributed by atoms with E-state index in [1.807, 2.05) is 0 Å². The molecule has 0 aromatic heterocycles. The van der Waals surface area contributed by atoms with Crippen LogP contribution in [0.15, 0.2) is 0 Å². The highest BCUT2D eigenvalue weighted by molar-refractivity contribution is 5.15. The lowest BCUT2D eigenvalue weighted by molar-refractivity contribution is -0.229. The van der Waals surface area contributed by atoms with Crippen LogP contribution < -0.4 is 17.2 Å². The third kappa shape index (κ3) is 9.38. The van der Waals surface area contributed by atoms with Crippen molar-refractivity contribution in [2.75, 3.05) is 46.1 Å². The van der Waals surface area contributed by atoms with Crippen molar-refractivity contribution in [3.05, 3.63) is 0 Å². The minimum atomic E-state index is 0.104. The zero-order chi connectivity index (χ0) is 34.6. The van der Waals surface area contributed by atoms with E-state index in [4.69, 9.17) is 36.1 Å². The normalized spacial score (nSPS) is 37.5. The molecule has 6 N–H and O–H groups in total. The van der Waals surface area contributed by atoms with E-state index in [-0.39, 0.29) is 17.6 Å². The average molecular weight is 678 g/mol. The van der Waals surface area contributed by atoms with Gasteiger partial charge in [-0.1, -0.05) is 66.7 Å². The van der Waals surface area contributed by atoms with Crippen molar-refractivity contribution in [3.63, 3.8) is 0 Å². The maximum atomic E-state index is 7.06. The molecule has 7 heteroatoms. The number of hydrogen-bond acceptors (Lipinski definition) is 7. The van der Waals surface area contributed by atoms with Gasteiger partial charge < -0.3 is 36.1 Å². The first-order valence-electron chi connectivity index (χ1n) is 20.9. The van der Waals surface area contributed by atoms with Crippen LogP contribution in [-0.2, 0) is 18.9 Å². The lowest BCUT2D eigenvalue weighted by Crippen LogP contribution is -2.63. The Morgan fingerprint density at radius 1 is 0.688 bits per heavy atom. The summed E-state index contributed by atoms with van der Waals surface area (Å²) in [6, 6.07) is 0. The van der Waals surface area contributed by atoms with Crippen LogP contribution in [-0.4, -0.2) is 70.5 Å². The van der Waals surface area contributed by atoms with Crippen LogP contribution in [0.4, 0.5) is 0 Å². The molecule has 282 valence electrons. The summed E-state index contributed by atoms with van der Waals surface area (Å²) >= 11 is 0. The highest BCUT2D eigenvalue weighted by atomic mass is 16.5. The Labute approximate surface area is 296 Å². The third-order valence-corrected chi connectivity index (χ3v) is 14.3. The van der Waals surface area contributed by atoms with Gasteiger partial charge in [-0.3, -0.25) is 0 Å². The smallest absolute Gasteiger partial charge is 0.0637 e. The highest BCUT2D eigenvalue weighted by Crippen LogP contribution is 2.69. The molecule has 0 radical (unpaired) electrons. The van der Waals surface area contributed by atoms with Crippen molar-refractivity contribution in [2.24, 2.45) is 63.5 Å². The number of fused-ring (bicyclic) bond motifs is 5. The standard InChI is InChI=1S/C41H79N3O4/c1-6-8-9-10-11-12-23-46-36(7-2)30(3)33-16-17-34-39-35(29-38(41(33,34)5)48-26-15-22-44)40(4)19-18-32(45-24-13-20-42)27-31(40)28-37(39)47-25-14-21-43/h30-39H,6-29,42-44H2,1-5H3/t30-,31-,32+,33+,34-,35-,36?,37?,38-,39-,40-,41+/m0/s1. The Morgan fingerprint density at radius 3 is 2.04 bits per heavy atom. The molecule has 0 spiro atoms. The molecular formula is C41H79N3O4. The first-order valence-corrected chi connectivity index (χ1v) is 20.9. The van der Waals surface area contributed by atoms with Crippen LogP contribution in [0.1, 0.15) is 144 Å². The van der Waals surface area contributed by atoms with Gasteiger partial charge in [0.2, 0.25) is 0 Å². The second-order valence-electron chi connectivity index (χ2n) is 16.9. The van der Waals surface area contributed by atoms with Gasteiger partial charge in [0.05, 0.1) is 24.4 Å². The lowest BCUT2D eigenvalue weighted by Gasteiger charge is -2.65. The number of hydrogen-bond donors (Lipinski definition) is 3. The second-order valence-corrected chi connectivity index (χ2v) is 16.9. The number of unbranched alkanes of at least 4 members (excludes halogenated alkanes) is 5. The van der Waals surface area contributed by atoms with Gasteiger partial charge >= 0.3 is 0 Å². The Morgan fingerprint density at radius 2 is 1.35 bits per heavy atom. The monoisotopic (exact) mass is 678 g/mol. The number of ether oxygens (including phenoxy) is 4. The Bertz CT molecular complexity index is 894. The van der Waals surface area contributed by atoms with Crippen molar-refractivity contribution in [3.8, 4) is 0 Å². The minimum absolute atomic E-state index is 0.104. The molecule has 0 amide bonds. The lowest BCUT2D eigenvalue weighted by atomic mass is 9.43. The van der Waals surface area contributed by atoms with Crippen molar-refractivity contribution in [1.82, 2.24) is 0 Å². The molecular weight excluding hydrogens is 598 g/mol. The van der Waals surface area contributed by atoms with Gasteiger partial charge in [-0.25, -0.2) is 0 Å². The Kier molecular flexibility index (Phi) is 16.9. The van der Waals surface area contributed by atoms with E-state index in [9.17, 15) is 0 Å². The van der Waals surface area contributed by atoms with Crippen LogP contribution in [0.3, 0.4) is 0 Å². The molecule has 12 atom stereocenters. The molecule has 2 unspecified atom stereocenters. The van der Waals surface area contributed by atoms with E-state index in [1.165, 1.54) is 57.8 Å². The summed E-state index contributed by atoms with van der Waals surface area (Å²) in [5.41, 5.74) is 18.2. The van der Waals surface area contributed by atoms with Crippen molar-refractivity contribution < 1.29 is 18.9 Å². The summed E-state index contributed by atoms with van der Waals surface area (Å²) in [4.78, 5) is 0. The molecule has 4 aliphatic carbocycles. The predicted octanol–water partition coefficient (Wildman–Crippen LogP) is 7.86. The molecule has 48 heavy (non-hydrogen) atoms. The van der Waals surface area contributed by atoms with Crippen LogP contribution in [0.25, 0.3) is 0 Å². The number of rotatable bonds is 23. The Hall–Kier alpha value is -0.280. The van der Waals surface area contributed by atoms with E-state index in [0.29, 0.717) is 72.8 Å². The largest absolute Gasteiger partial charge is 0.378 e. The molecule has 4 rings (SSSR count). The van der Waals surface area contributed by atoms with E-state index in [1.54, 1.807) is 0 Å². The summed E-state index contributed by atoms with van der Waals surface area (Å²) < 4.78 is 27.2. The molecule has 4 saturated carbocycles. The fourth-order valence-electron chi connectivity index (χ4n) is 11.5. The highest BCUT2D eigenvalue weighted by Gasteiger charge is 2.67. The maximum Gasteiger partial charge on any atom is 0.0637 e. The molecule has 0 heterocycles. The SMILES string of the molecule is CCCCCCCCOC(CC)[C@@H](C)[C@H]1CC[C@H]2[C@@H]3C(OCCCN)C[C@@H]4C[C@H](OCCCN)CC[C@]4(C)[C@H]3C[C@H](OCCCN)[C@]12C. The summed E-state index contributed by atoms with van der Waals surface area (Å²) in [5.74, 6) is 3.48. The van der Waals surface area contributed by atoms with E-state index < -0.39 is 0 Å². The topological polar surface area (TPSA) is 115 Å². The van der Waals surface area contributed by atoms with Gasteiger partial charge in [-0.2, -0.15) is 0 Å². The van der Waals surface area contributed by atoms with Gasteiger partial charge in [-0.05, 0) is 138 Å². The molecule has 0 aliphatic heterocycles. The maximum absolute atomic E-state index is 7.06. The second kappa shape index (κ2) is 20.1. The van der Waals surface area contributed by atoms with E-state index in [0.717, 1.165) is 77.8 Å². The van der Waals surface area contributed by atoms with Crippen molar-refractivity contribution in [2.45, 2.75) is 168 Å². The first kappa shape index (κ1) is 40.5. The van der Waals surface area contributed by atoms with Gasteiger partial charge in [0.1, 0.15) is 0 Å². The van der Waals surface area contributed by atoms with Crippen molar-refractivity contribution in [1.29, 1.82) is 0 Å². The van der Waals surface area contributed by atoms with Gasteiger partial charge in [0, 0.05) is 31.8 Å². The van der Waals surface area contributed by atoms with Crippen molar-refractivity contribution >= 4 is 0 Å². The molecule has 0 saturated heterocycles. The first-order chi connectivity index (χ1) is 23.3. The van der Waals surface area contributed by atoms with Crippen LogP contribution in [0.2, 0.25) is 0 Å². The van der Waals surface area contributed by atoms with Crippen LogP contribution in [0.5, 0.6) is 0 Å². The van der Waals surface area contributed by atoms with Gasteiger partial charge in [-0.15, -0.1) is 0 Å². The summed E-state index contributed by atoms with van der Waals surface area (Å²) in [5, 5.41) is 0. The summed E-state index contributed by atoms with van der Waals surface area (Å²) in [6.45, 7) is 17.7. The number of nitrogens with two attached hydrogens (primary N) is 3. The molecule has 0 aromatic carbocycles. The molecule has 0 bridgehead atoms. The molecule has 4 aliphatic rings. The predicted molar refractivity (Wildman–Crippen MR) is 199 cm³/mol. The minimum Gasteiger partial charge on any atom is -0.378 e. The van der Waals surface area contributed by atoms with Crippen LogP contribution in [0, 0.1) is 46.3 Å². The summed E-state index contributed by atoms with van der Waals surface area (Å²) in [7, 11) is 0. The molecule has 7 nitrogen and oxygen atoms in total. The van der Waals surface area contributed by atoms with E-state index >= 15 is 0 Å². The van der Waals surface area contributed by atoms with Gasteiger partial charge in [0.25, 0.3) is 0 Å². The van der Waals surface area contributed by atoms with Crippen LogP contribution >= 0.6 is 0 Å².